The molecule has 1 heterocycles. The third kappa shape index (κ3) is 2.95. The third-order valence-electron chi connectivity index (χ3n) is 4.51. The first kappa shape index (κ1) is 14.5. The van der Waals surface area contributed by atoms with Crippen LogP contribution in [0, 0.1) is 0 Å². The fraction of sp³-hybridized carbons (Fsp3) is 0.444. The molecule has 2 aromatic rings. The molecule has 0 spiro atoms. The third-order valence-corrected chi connectivity index (χ3v) is 4.51. The number of piperidine rings is 1. The van der Waals surface area contributed by atoms with Gasteiger partial charge in [-0.25, -0.2) is 0 Å². The Kier molecular flexibility index (Phi) is 4.54. The van der Waals surface area contributed by atoms with Crippen LogP contribution in [0.1, 0.15) is 24.4 Å². The van der Waals surface area contributed by atoms with E-state index in [-0.39, 0.29) is 6.04 Å². The summed E-state index contributed by atoms with van der Waals surface area (Å²) in [4.78, 5) is 2.49. The van der Waals surface area contributed by atoms with Gasteiger partial charge < -0.3 is 10.5 Å². The van der Waals surface area contributed by atoms with Crippen molar-refractivity contribution in [3.05, 3.63) is 48.0 Å². The molecule has 0 aromatic heterocycles. The maximum Gasteiger partial charge on any atom is 0.0589 e. The van der Waals surface area contributed by atoms with Gasteiger partial charge in [-0.3, -0.25) is 4.90 Å². The zero-order valence-electron chi connectivity index (χ0n) is 12.7. The SMILES string of the molecule is COCCN1CCCC(N)C1c1cccc2ccccc12. The number of nitrogens with two attached hydrogens (primary N) is 1. The fourth-order valence-electron chi connectivity index (χ4n) is 3.49. The van der Waals surface area contributed by atoms with Crippen LogP contribution in [0.2, 0.25) is 0 Å². The van der Waals surface area contributed by atoms with Crippen molar-refractivity contribution in [2.45, 2.75) is 24.9 Å². The minimum absolute atomic E-state index is 0.196. The van der Waals surface area contributed by atoms with E-state index in [1.165, 1.54) is 22.8 Å². The van der Waals surface area contributed by atoms with E-state index in [0.29, 0.717) is 6.04 Å². The molecule has 3 rings (SSSR count). The molecule has 2 N–H and O–H groups in total. The quantitative estimate of drug-likeness (QED) is 0.938. The summed E-state index contributed by atoms with van der Waals surface area (Å²) in [6.45, 7) is 2.80. The molecular formula is C18H24N2O. The van der Waals surface area contributed by atoms with E-state index in [9.17, 15) is 0 Å². The molecule has 2 unspecified atom stereocenters. The van der Waals surface area contributed by atoms with Crippen molar-refractivity contribution in [1.82, 2.24) is 4.90 Å². The lowest BCUT2D eigenvalue weighted by molar-refractivity contribution is 0.0854. The first-order valence-corrected chi connectivity index (χ1v) is 7.77. The van der Waals surface area contributed by atoms with Crippen LogP contribution in [-0.2, 0) is 4.74 Å². The van der Waals surface area contributed by atoms with Gasteiger partial charge >= 0.3 is 0 Å². The highest BCUT2D eigenvalue weighted by Crippen LogP contribution is 2.34. The van der Waals surface area contributed by atoms with Crippen LogP contribution in [0.5, 0.6) is 0 Å². The first-order valence-electron chi connectivity index (χ1n) is 7.77. The minimum atomic E-state index is 0.196. The van der Waals surface area contributed by atoms with Crippen LogP contribution in [0.25, 0.3) is 10.8 Å². The van der Waals surface area contributed by atoms with Gasteiger partial charge in [0.15, 0.2) is 0 Å². The molecule has 2 atom stereocenters. The Balaban J connectivity index is 2.00. The zero-order chi connectivity index (χ0) is 14.7. The average Bonchev–Trinajstić information content (AvgIpc) is 2.52. The number of nitrogens with zero attached hydrogens (tertiary/aromatic N) is 1. The highest BCUT2D eigenvalue weighted by atomic mass is 16.5. The monoisotopic (exact) mass is 284 g/mol. The van der Waals surface area contributed by atoms with Crippen LogP contribution in [-0.4, -0.2) is 37.7 Å². The summed E-state index contributed by atoms with van der Waals surface area (Å²) in [5.41, 5.74) is 7.84. The van der Waals surface area contributed by atoms with Gasteiger partial charge in [0.2, 0.25) is 0 Å². The van der Waals surface area contributed by atoms with E-state index >= 15 is 0 Å². The second kappa shape index (κ2) is 6.56. The molecule has 112 valence electrons. The molecular weight excluding hydrogens is 260 g/mol. The number of ether oxygens (including phenoxy) is 1. The van der Waals surface area contributed by atoms with Gasteiger partial charge in [0.05, 0.1) is 12.6 Å². The van der Waals surface area contributed by atoms with Gasteiger partial charge in [0, 0.05) is 19.7 Å². The molecule has 1 saturated heterocycles. The molecule has 0 radical (unpaired) electrons. The predicted octanol–water partition coefficient (Wildman–Crippen LogP) is 2.95. The lowest BCUT2D eigenvalue weighted by Gasteiger charge is -2.40. The molecule has 0 amide bonds. The normalized spacial score (nSPS) is 23.5. The molecule has 3 nitrogen and oxygen atoms in total. The summed E-state index contributed by atoms with van der Waals surface area (Å²) in [7, 11) is 1.76. The maximum atomic E-state index is 6.48. The van der Waals surface area contributed by atoms with Gasteiger partial charge in [0.1, 0.15) is 0 Å². The summed E-state index contributed by atoms with van der Waals surface area (Å²) in [5, 5.41) is 2.62. The van der Waals surface area contributed by atoms with E-state index < -0.39 is 0 Å². The summed E-state index contributed by atoms with van der Waals surface area (Å²) in [6.07, 6.45) is 2.27. The largest absolute Gasteiger partial charge is 0.383 e. The van der Waals surface area contributed by atoms with Crippen molar-refractivity contribution in [3.63, 3.8) is 0 Å². The van der Waals surface area contributed by atoms with Crippen LogP contribution in [0.15, 0.2) is 42.5 Å². The van der Waals surface area contributed by atoms with E-state index in [4.69, 9.17) is 10.5 Å². The maximum absolute atomic E-state index is 6.48. The van der Waals surface area contributed by atoms with Crippen LogP contribution >= 0.6 is 0 Å². The summed E-state index contributed by atoms with van der Waals surface area (Å²) in [6, 6.07) is 15.6. The van der Waals surface area contributed by atoms with Crippen LogP contribution in [0.4, 0.5) is 0 Å². The van der Waals surface area contributed by atoms with Crippen molar-refractivity contribution in [2.75, 3.05) is 26.8 Å². The molecule has 2 aromatic carbocycles. The van der Waals surface area contributed by atoms with E-state index in [1.54, 1.807) is 7.11 Å². The predicted molar refractivity (Wildman–Crippen MR) is 87.3 cm³/mol. The Morgan fingerprint density at radius 3 is 2.86 bits per heavy atom. The van der Waals surface area contributed by atoms with Crippen molar-refractivity contribution < 1.29 is 4.74 Å². The lowest BCUT2D eigenvalue weighted by atomic mass is 9.88. The number of methoxy groups -OCH3 is 1. The van der Waals surface area contributed by atoms with Crippen molar-refractivity contribution in [2.24, 2.45) is 5.73 Å². The Labute approximate surface area is 126 Å². The Morgan fingerprint density at radius 2 is 2.00 bits per heavy atom. The van der Waals surface area contributed by atoms with E-state index in [1.807, 2.05) is 0 Å². The fourth-order valence-corrected chi connectivity index (χ4v) is 3.49. The smallest absolute Gasteiger partial charge is 0.0589 e. The van der Waals surface area contributed by atoms with Crippen LogP contribution < -0.4 is 5.73 Å². The molecule has 0 saturated carbocycles. The Hall–Kier alpha value is -1.42. The van der Waals surface area contributed by atoms with Gasteiger partial charge in [-0.05, 0) is 35.7 Å². The second-order valence-electron chi connectivity index (χ2n) is 5.85. The molecule has 0 bridgehead atoms. The molecule has 1 aliphatic rings. The second-order valence-corrected chi connectivity index (χ2v) is 5.85. The lowest BCUT2D eigenvalue weighted by Crippen LogP contribution is -2.47. The molecule has 3 heteroatoms. The van der Waals surface area contributed by atoms with Crippen molar-refractivity contribution in [3.8, 4) is 0 Å². The number of likely N-dealkylation sites (tertiary alicyclic amines) is 1. The number of hydrogen-bond acceptors (Lipinski definition) is 3. The standard InChI is InChI=1S/C18H24N2O/c1-21-13-12-20-11-5-10-17(19)18(20)16-9-4-7-14-6-2-3-8-15(14)16/h2-4,6-9,17-18H,5,10-13,19H2,1H3. The van der Waals surface area contributed by atoms with Crippen molar-refractivity contribution in [1.29, 1.82) is 0 Å². The van der Waals surface area contributed by atoms with Gasteiger partial charge in [-0.15, -0.1) is 0 Å². The number of fused-ring (bicyclic) bond motifs is 1. The number of benzene rings is 2. The van der Waals surface area contributed by atoms with Crippen molar-refractivity contribution >= 4 is 10.8 Å². The van der Waals surface area contributed by atoms with Crippen LogP contribution in [0.3, 0.4) is 0 Å². The van der Waals surface area contributed by atoms with Gasteiger partial charge in [-0.1, -0.05) is 42.5 Å². The first-order chi connectivity index (χ1) is 10.3. The highest BCUT2D eigenvalue weighted by molar-refractivity contribution is 5.86. The van der Waals surface area contributed by atoms with Gasteiger partial charge in [0.25, 0.3) is 0 Å². The average molecular weight is 284 g/mol. The number of rotatable bonds is 4. The number of hydrogen-bond donors (Lipinski definition) is 1. The molecule has 1 aliphatic heterocycles. The molecule has 21 heavy (non-hydrogen) atoms. The highest BCUT2D eigenvalue weighted by Gasteiger charge is 2.30. The summed E-state index contributed by atoms with van der Waals surface area (Å²) < 4.78 is 5.27. The summed E-state index contributed by atoms with van der Waals surface area (Å²) in [5.74, 6) is 0. The molecule has 0 aliphatic carbocycles. The topological polar surface area (TPSA) is 38.5 Å². The zero-order valence-corrected chi connectivity index (χ0v) is 12.7. The Morgan fingerprint density at radius 1 is 1.19 bits per heavy atom. The Bertz CT molecular complexity index is 593. The minimum Gasteiger partial charge on any atom is -0.383 e. The van der Waals surface area contributed by atoms with E-state index in [0.717, 1.165) is 26.1 Å². The molecule has 1 fully saturated rings. The summed E-state index contributed by atoms with van der Waals surface area (Å²) >= 11 is 0. The van der Waals surface area contributed by atoms with Gasteiger partial charge in [-0.2, -0.15) is 0 Å². The van der Waals surface area contributed by atoms with E-state index in [2.05, 4.69) is 47.4 Å².